The standard InChI is InChI=1S/C20H20F3N3O3S2/c1-12(2)8-15-9-13(6-7-24-15)19-25-17(11-30-19)16-5-4-14(10-18(16)29-3)26-31(27,28)20(21,22)23/h4-7,9-12,26H,8H2,1-3H3. The Hall–Kier alpha value is -2.66. The Bertz CT molecular complexity index is 1180. The van der Waals surface area contributed by atoms with Crippen LogP contribution < -0.4 is 9.46 Å². The lowest BCUT2D eigenvalue weighted by Gasteiger charge is -2.13. The van der Waals surface area contributed by atoms with Crippen molar-refractivity contribution < 1.29 is 26.3 Å². The molecule has 0 bridgehead atoms. The maximum Gasteiger partial charge on any atom is 0.516 e. The number of ether oxygens (including phenoxy) is 1. The molecule has 31 heavy (non-hydrogen) atoms. The van der Waals surface area contributed by atoms with E-state index >= 15 is 0 Å². The molecule has 0 radical (unpaired) electrons. The van der Waals surface area contributed by atoms with Gasteiger partial charge in [-0.25, -0.2) is 4.98 Å². The second kappa shape index (κ2) is 8.83. The maximum absolute atomic E-state index is 12.6. The van der Waals surface area contributed by atoms with E-state index in [4.69, 9.17) is 4.74 Å². The number of alkyl halides is 3. The fraction of sp³-hybridized carbons (Fsp3) is 0.300. The lowest BCUT2D eigenvalue weighted by atomic mass is 10.1. The first-order valence-corrected chi connectivity index (χ1v) is 11.5. The number of nitrogens with zero attached hydrogens (tertiary/aromatic N) is 2. The number of hydrogen-bond acceptors (Lipinski definition) is 6. The number of aromatic nitrogens is 2. The largest absolute Gasteiger partial charge is 0.516 e. The van der Waals surface area contributed by atoms with Crippen LogP contribution >= 0.6 is 11.3 Å². The van der Waals surface area contributed by atoms with Crippen LogP contribution in [0.2, 0.25) is 0 Å². The van der Waals surface area contributed by atoms with Crippen molar-refractivity contribution in [3.63, 3.8) is 0 Å². The molecule has 6 nitrogen and oxygen atoms in total. The van der Waals surface area contributed by atoms with Gasteiger partial charge in [-0.2, -0.15) is 21.6 Å². The first kappa shape index (κ1) is 23.0. The molecule has 0 aliphatic rings. The predicted molar refractivity (Wildman–Crippen MR) is 114 cm³/mol. The Balaban J connectivity index is 1.90. The molecule has 2 heterocycles. The van der Waals surface area contributed by atoms with Crippen molar-refractivity contribution in [1.82, 2.24) is 9.97 Å². The fourth-order valence-electron chi connectivity index (χ4n) is 2.85. The minimum Gasteiger partial charge on any atom is -0.496 e. The number of halogens is 3. The average molecular weight is 472 g/mol. The monoisotopic (exact) mass is 471 g/mol. The number of pyridine rings is 1. The second-order valence-electron chi connectivity index (χ2n) is 7.14. The maximum atomic E-state index is 12.6. The van der Waals surface area contributed by atoms with E-state index in [2.05, 4.69) is 23.8 Å². The van der Waals surface area contributed by atoms with Crippen molar-refractivity contribution in [3.05, 3.63) is 47.6 Å². The summed E-state index contributed by atoms with van der Waals surface area (Å²) in [6, 6.07) is 7.72. The molecule has 0 unspecified atom stereocenters. The van der Waals surface area contributed by atoms with Gasteiger partial charge in [0, 0.05) is 34.5 Å². The van der Waals surface area contributed by atoms with E-state index in [1.807, 2.05) is 12.1 Å². The minimum absolute atomic E-state index is 0.189. The molecule has 3 rings (SSSR count). The van der Waals surface area contributed by atoms with Crippen LogP contribution in [0.4, 0.5) is 18.9 Å². The molecule has 166 valence electrons. The smallest absolute Gasteiger partial charge is 0.496 e. The average Bonchev–Trinajstić information content (AvgIpc) is 3.16. The predicted octanol–water partition coefficient (Wildman–Crippen LogP) is 5.34. The minimum atomic E-state index is -5.52. The molecule has 3 aromatic rings. The summed E-state index contributed by atoms with van der Waals surface area (Å²) in [6.07, 6.45) is 2.57. The molecule has 0 fully saturated rings. The molecule has 1 aromatic carbocycles. The number of thiazole rings is 1. The van der Waals surface area contributed by atoms with Gasteiger partial charge in [-0.15, -0.1) is 11.3 Å². The van der Waals surface area contributed by atoms with Crippen molar-refractivity contribution in [1.29, 1.82) is 0 Å². The summed E-state index contributed by atoms with van der Waals surface area (Å²) in [6.45, 7) is 4.22. The van der Waals surface area contributed by atoms with Crippen LogP contribution in [0, 0.1) is 5.92 Å². The van der Waals surface area contributed by atoms with Gasteiger partial charge in [-0.1, -0.05) is 13.8 Å². The van der Waals surface area contributed by atoms with E-state index in [-0.39, 0.29) is 11.4 Å². The first-order valence-electron chi connectivity index (χ1n) is 9.18. The molecule has 0 saturated carbocycles. The van der Waals surface area contributed by atoms with Crippen molar-refractivity contribution in [2.75, 3.05) is 11.8 Å². The third-order valence-electron chi connectivity index (χ3n) is 4.22. The Morgan fingerprint density at radius 2 is 1.94 bits per heavy atom. The Kier molecular flexibility index (Phi) is 6.56. The summed E-state index contributed by atoms with van der Waals surface area (Å²) < 4.78 is 67.3. The number of sulfonamides is 1. The topological polar surface area (TPSA) is 81.2 Å². The molecule has 0 aliphatic heterocycles. The van der Waals surface area contributed by atoms with Gasteiger partial charge in [0.15, 0.2) is 0 Å². The Morgan fingerprint density at radius 1 is 1.19 bits per heavy atom. The van der Waals surface area contributed by atoms with Gasteiger partial charge in [0.25, 0.3) is 0 Å². The van der Waals surface area contributed by atoms with Crippen molar-refractivity contribution in [3.8, 4) is 27.6 Å². The molecule has 1 N–H and O–H groups in total. The summed E-state index contributed by atoms with van der Waals surface area (Å²) in [5.41, 5.74) is -2.72. The van der Waals surface area contributed by atoms with Gasteiger partial charge in [-0.05, 0) is 36.6 Å². The van der Waals surface area contributed by atoms with Crippen LogP contribution in [0.3, 0.4) is 0 Å². The van der Waals surface area contributed by atoms with Gasteiger partial charge in [-0.3, -0.25) is 9.71 Å². The number of methoxy groups -OCH3 is 1. The lowest BCUT2D eigenvalue weighted by Crippen LogP contribution is -2.29. The summed E-state index contributed by atoms with van der Waals surface area (Å²) in [7, 11) is -4.18. The van der Waals surface area contributed by atoms with Crippen molar-refractivity contribution >= 4 is 27.0 Å². The number of rotatable bonds is 7. The van der Waals surface area contributed by atoms with Crippen molar-refractivity contribution in [2.45, 2.75) is 25.8 Å². The quantitative estimate of drug-likeness (QED) is 0.503. The van der Waals surface area contributed by atoms with Crippen molar-refractivity contribution in [2.24, 2.45) is 5.92 Å². The van der Waals surface area contributed by atoms with Crippen LogP contribution in [0.5, 0.6) is 5.75 Å². The molecule has 0 atom stereocenters. The van der Waals surface area contributed by atoms with E-state index in [0.717, 1.165) is 22.7 Å². The lowest BCUT2D eigenvalue weighted by molar-refractivity contribution is -0.0429. The van der Waals surface area contributed by atoms with Gasteiger partial charge in [0.05, 0.1) is 18.5 Å². The van der Waals surface area contributed by atoms with Gasteiger partial charge < -0.3 is 4.74 Å². The fourth-order valence-corrected chi connectivity index (χ4v) is 4.22. The van der Waals surface area contributed by atoms with Crippen LogP contribution in [-0.2, 0) is 16.4 Å². The number of anilines is 1. The third kappa shape index (κ3) is 5.34. The molecule has 0 spiro atoms. The molecule has 0 saturated heterocycles. The van der Waals surface area contributed by atoms with E-state index in [1.54, 1.807) is 11.6 Å². The number of hydrogen-bond donors (Lipinski definition) is 1. The SMILES string of the molecule is COc1cc(NS(=O)(=O)C(F)(F)F)ccc1-c1csc(-c2ccnc(CC(C)C)c2)n1. The first-order chi connectivity index (χ1) is 14.5. The van der Waals surface area contributed by atoms with Gasteiger partial charge in [0.1, 0.15) is 10.8 Å². The molecular weight excluding hydrogens is 451 g/mol. The highest BCUT2D eigenvalue weighted by atomic mass is 32.2. The van der Waals surface area contributed by atoms with Gasteiger partial charge in [0.2, 0.25) is 0 Å². The molecule has 0 amide bonds. The molecule has 11 heteroatoms. The summed E-state index contributed by atoms with van der Waals surface area (Å²) >= 11 is 1.41. The zero-order valence-electron chi connectivity index (χ0n) is 16.9. The Labute approximate surface area is 182 Å². The normalized spacial score (nSPS) is 12.2. The van der Waals surface area contributed by atoms with Crippen LogP contribution in [0.25, 0.3) is 21.8 Å². The second-order valence-corrected chi connectivity index (χ2v) is 9.67. The van der Waals surface area contributed by atoms with Crippen LogP contribution in [0.15, 0.2) is 41.9 Å². The van der Waals surface area contributed by atoms with E-state index < -0.39 is 15.5 Å². The van der Waals surface area contributed by atoms with E-state index in [0.29, 0.717) is 17.2 Å². The van der Waals surface area contributed by atoms with E-state index in [9.17, 15) is 21.6 Å². The molecule has 0 aliphatic carbocycles. The van der Waals surface area contributed by atoms with E-state index in [1.165, 1.54) is 41.4 Å². The summed E-state index contributed by atoms with van der Waals surface area (Å²) in [5, 5.41) is 2.56. The third-order valence-corrected chi connectivity index (χ3v) is 6.22. The summed E-state index contributed by atoms with van der Waals surface area (Å²) in [4.78, 5) is 8.99. The number of nitrogens with one attached hydrogen (secondary N) is 1. The highest BCUT2D eigenvalue weighted by Gasteiger charge is 2.46. The van der Waals surface area contributed by atoms with Gasteiger partial charge >= 0.3 is 15.5 Å². The zero-order valence-corrected chi connectivity index (χ0v) is 18.5. The molecular formula is C20H20F3N3O3S2. The molecule has 2 aromatic heterocycles. The Morgan fingerprint density at radius 3 is 2.58 bits per heavy atom. The highest BCUT2D eigenvalue weighted by Crippen LogP contribution is 2.36. The summed E-state index contributed by atoms with van der Waals surface area (Å²) in [5.74, 6) is 0.654. The van der Waals surface area contributed by atoms with Crippen LogP contribution in [0.1, 0.15) is 19.5 Å². The zero-order chi connectivity index (χ0) is 22.8. The number of benzene rings is 1. The van der Waals surface area contributed by atoms with Crippen LogP contribution in [-0.4, -0.2) is 31.0 Å². The highest BCUT2D eigenvalue weighted by molar-refractivity contribution is 7.93.